The molecule has 0 bridgehead atoms. The zero-order valence-corrected chi connectivity index (χ0v) is 6.42. The summed E-state index contributed by atoms with van der Waals surface area (Å²) in [5, 5.41) is 0. The van der Waals surface area contributed by atoms with Gasteiger partial charge in [-0.15, -0.1) is 0 Å². The molecule has 2 heteroatoms. The third-order valence-corrected chi connectivity index (χ3v) is 0.795. The molecule has 0 N–H and O–H groups in total. The van der Waals surface area contributed by atoms with Gasteiger partial charge >= 0.3 is 0 Å². The molecule has 0 fully saturated rings. The highest BCUT2D eigenvalue weighted by atomic mass is 35.5. The molecule has 0 nitrogen and oxygen atoms in total. The van der Waals surface area contributed by atoms with Crippen molar-refractivity contribution in [2.75, 3.05) is 0 Å². The van der Waals surface area contributed by atoms with E-state index in [2.05, 4.69) is 0 Å². The fraction of sp³-hybridized carbons (Fsp3) is 0.333. The van der Waals surface area contributed by atoms with Gasteiger partial charge in [0.1, 0.15) is 4.49 Å². The van der Waals surface area contributed by atoms with Crippen molar-refractivity contribution >= 4 is 23.2 Å². The van der Waals surface area contributed by atoms with E-state index in [4.69, 9.17) is 23.2 Å². The van der Waals surface area contributed by atoms with E-state index in [9.17, 15) is 0 Å². The number of hydrogen-bond donors (Lipinski definition) is 0. The van der Waals surface area contributed by atoms with Crippen LogP contribution >= 0.6 is 23.2 Å². The Hall–Kier alpha value is 0.0600. The van der Waals surface area contributed by atoms with Crippen LogP contribution in [0.1, 0.15) is 13.8 Å². The highest BCUT2D eigenvalue weighted by molar-refractivity contribution is 6.55. The molecule has 0 amide bonds. The van der Waals surface area contributed by atoms with Crippen LogP contribution in [-0.4, -0.2) is 0 Å². The molecule has 0 aliphatic carbocycles. The molecule has 0 aromatic heterocycles. The Morgan fingerprint density at radius 1 is 1.12 bits per heavy atom. The highest BCUT2D eigenvalue weighted by Gasteiger charge is 1.76. The summed E-state index contributed by atoms with van der Waals surface area (Å²) in [5.41, 5.74) is 1.18. The van der Waals surface area contributed by atoms with Crippen LogP contribution in [0.3, 0.4) is 0 Å². The fourth-order valence-corrected chi connectivity index (χ4v) is 0.356. The molecule has 0 spiro atoms. The van der Waals surface area contributed by atoms with E-state index >= 15 is 0 Å². The number of rotatable bonds is 1. The first-order chi connectivity index (χ1) is 3.63. The largest absolute Gasteiger partial charge is 0.106 e. The van der Waals surface area contributed by atoms with Gasteiger partial charge in [-0.25, -0.2) is 0 Å². The summed E-state index contributed by atoms with van der Waals surface area (Å²) in [6.07, 6.45) is 3.51. The van der Waals surface area contributed by atoms with Gasteiger partial charge in [-0.1, -0.05) is 34.9 Å². The Morgan fingerprint density at radius 3 is 1.75 bits per heavy atom. The first-order valence-electron chi connectivity index (χ1n) is 2.29. The topological polar surface area (TPSA) is 0 Å². The van der Waals surface area contributed by atoms with Crippen LogP contribution in [-0.2, 0) is 0 Å². The standard InChI is InChI=1S/C6H8Cl2/c1-5(2)3-4-6(7)8/h3-4H,1-2H3. The summed E-state index contributed by atoms with van der Waals surface area (Å²) in [6, 6.07) is 0. The smallest absolute Gasteiger partial charge is 0.0764 e. The Morgan fingerprint density at radius 2 is 1.62 bits per heavy atom. The summed E-state index contributed by atoms with van der Waals surface area (Å²) in [5.74, 6) is 0. The van der Waals surface area contributed by atoms with Gasteiger partial charge in [0.25, 0.3) is 0 Å². The first kappa shape index (κ1) is 8.06. The molecule has 0 heterocycles. The molecular formula is C6H8Cl2. The number of halogens is 2. The Bertz CT molecular complexity index is 98.5. The lowest BCUT2D eigenvalue weighted by Crippen LogP contribution is -1.58. The van der Waals surface area contributed by atoms with Crippen molar-refractivity contribution in [3.8, 4) is 0 Å². The summed E-state index contributed by atoms with van der Waals surface area (Å²) < 4.78 is 0.297. The van der Waals surface area contributed by atoms with E-state index in [0.717, 1.165) is 0 Å². The molecule has 0 aliphatic heterocycles. The van der Waals surface area contributed by atoms with Crippen molar-refractivity contribution in [3.05, 3.63) is 22.2 Å². The zero-order chi connectivity index (χ0) is 6.57. The monoisotopic (exact) mass is 150 g/mol. The van der Waals surface area contributed by atoms with Crippen molar-refractivity contribution in [3.63, 3.8) is 0 Å². The average molecular weight is 151 g/mol. The van der Waals surface area contributed by atoms with Crippen molar-refractivity contribution in [1.29, 1.82) is 0 Å². The van der Waals surface area contributed by atoms with E-state index in [-0.39, 0.29) is 0 Å². The number of allylic oxidation sites excluding steroid dienone is 3. The second-order valence-electron chi connectivity index (χ2n) is 1.70. The minimum Gasteiger partial charge on any atom is -0.0764 e. The predicted molar refractivity (Wildman–Crippen MR) is 39.2 cm³/mol. The molecule has 0 aliphatic rings. The molecule has 0 aromatic carbocycles. The Balaban J connectivity index is 3.76. The molecule has 46 valence electrons. The molecule has 0 unspecified atom stereocenters. The first-order valence-corrected chi connectivity index (χ1v) is 3.04. The van der Waals surface area contributed by atoms with Gasteiger partial charge in [0, 0.05) is 0 Å². The van der Waals surface area contributed by atoms with Gasteiger partial charge in [-0.3, -0.25) is 0 Å². The fourth-order valence-electron chi connectivity index (χ4n) is 0.230. The summed E-state index contributed by atoms with van der Waals surface area (Å²) in [7, 11) is 0. The van der Waals surface area contributed by atoms with Crippen molar-refractivity contribution in [2.45, 2.75) is 13.8 Å². The lowest BCUT2D eigenvalue weighted by atomic mass is 10.3. The molecule has 0 saturated carbocycles. The Labute approximate surface area is 59.8 Å². The minimum absolute atomic E-state index is 0.297. The second kappa shape index (κ2) is 3.99. The van der Waals surface area contributed by atoms with Crippen molar-refractivity contribution < 1.29 is 0 Å². The third kappa shape index (κ3) is 6.06. The average Bonchev–Trinajstić information content (AvgIpc) is 1.61. The molecule has 8 heavy (non-hydrogen) atoms. The normalized spacial score (nSPS) is 8.00. The number of hydrogen-bond acceptors (Lipinski definition) is 0. The van der Waals surface area contributed by atoms with Crippen LogP contribution in [0.2, 0.25) is 0 Å². The maximum absolute atomic E-state index is 5.30. The highest BCUT2D eigenvalue weighted by Crippen LogP contribution is 2.06. The molecule has 0 aromatic rings. The molecule has 0 saturated heterocycles. The van der Waals surface area contributed by atoms with Gasteiger partial charge in [0.2, 0.25) is 0 Å². The van der Waals surface area contributed by atoms with Crippen LogP contribution in [0.15, 0.2) is 22.2 Å². The summed E-state index contributed by atoms with van der Waals surface area (Å²) in [6.45, 7) is 3.96. The van der Waals surface area contributed by atoms with E-state index in [0.29, 0.717) is 4.49 Å². The molecule has 0 rings (SSSR count). The van der Waals surface area contributed by atoms with Crippen LogP contribution in [0.5, 0.6) is 0 Å². The van der Waals surface area contributed by atoms with Gasteiger partial charge in [-0.05, 0) is 19.9 Å². The van der Waals surface area contributed by atoms with Gasteiger partial charge in [0.05, 0.1) is 0 Å². The lowest BCUT2D eigenvalue weighted by Gasteiger charge is -1.80. The van der Waals surface area contributed by atoms with E-state index in [1.165, 1.54) is 5.57 Å². The van der Waals surface area contributed by atoms with Crippen LogP contribution in [0.25, 0.3) is 0 Å². The van der Waals surface area contributed by atoms with E-state index in [1.54, 1.807) is 6.08 Å². The third-order valence-electron chi connectivity index (χ3n) is 0.543. The Kier molecular flexibility index (Phi) is 4.02. The molecule has 0 radical (unpaired) electrons. The predicted octanol–water partition coefficient (Wildman–Crippen LogP) is 3.27. The maximum atomic E-state index is 5.30. The van der Waals surface area contributed by atoms with Gasteiger partial charge < -0.3 is 0 Å². The van der Waals surface area contributed by atoms with E-state index in [1.807, 2.05) is 19.9 Å². The van der Waals surface area contributed by atoms with Gasteiger partial charge in [0.15, 0.2) is 0 Å². The van der Waals surface area contributed by atoms with Crippen LogP contribution in [0, 0.1) is 0 Å². The van der Waals surface area contributed by atoms with E-state index < -0.39 is 0 Å². The lowest BCUT2D eigenvalue weighted by molar-refractivity contribution is 1.39. The maximum Gasteiger partial charge on any atom is 0.106 e. The van der Waals surface area contributed by atoms with Gasteiger partial charge in [-0.2, -0.15) is 0 Å². The van der Waals surface area contributed by atoms with Crippen LogP contribution < -0.4 is 0 Å². The second-order valence-corrected chi connectivity index (χ2v) is 2.71. The minimum atomic E-state index is 0.297. The molecule has 0 atom stereocenters. The van der Waals surface area contributed by atoms with Crippen LogP contribution in [0.4, 0.5) is 0 Å². The molecular weight excluding hydrogens is 143 g/mol. The summed E-state index contributed by atoms with van der Waals surface area (Å²) in [4.78, 5) is 0. The van der Waals surface area contributed by atoms with Crippen molar-refractivity contribution in [2.24, 2.45) is 0 Å². The quantitative estimate of drug-likeness (QED) is 0.504. The summed E-state index contributed by atoms with van der Waals surface area (Å²) >= 11 is 10.6. The van der Waals surface area contributed by atoms with Crippen molar-refractivity contribution in [1.82, 2.24) is 0 Å². The SMILES string of the molecule is CC(C)=CC=C(Cl)Cl. The zero-order valence-electron chi connectivity index (χ0n) is 4.91.